The van der Waals surface area contributed by atoms with Crippen LogP contribution in [0.5, 0.6) is 0 Å². The molecule has 0 N–H and O–H groups in total. The molecule has 0 spiro atoms. The Hall–Kier alpha value is 0.0649. The van der Waals surface area contributed by atoms with E-state index in [0.29, 0.717) is 5.31 Å². The minimum atomic E-state index is 0.540. The van der Waals surface area contributed by atoms with Gasteiger partial charge in [-0.2, -0.15) is 0 Å². The van der Waals surface area contributed by atoms with Crippen LogP contribution in [-0.2, 0) is 0 Å². The lowest BCUT2D eigenvalue weighted by atomic mass is 9.61. The second-order valence-corrected chi connectivity index (χ2v) is 5.69. The summed E-state index contributed by atoms with van der Waals surface area (Å²) in [7, 11) is 2.40. The quantitative estimate of drug-likeness (QED) is 0.415. The molecule has 12 heavy (non-hydrogen) atoms. The van der Waals surface area contributed by atoms with Gasteiger partial charge in [-0.15, -0.1) is 0 Å². The maximum atomic E-state index is 2.42. The molecular weight excluding hydrogens is 143 g/mol. The normalized spacial score (nSPS) is 32.9. The molecular formula is C11H23B. The van der Waals surface area contributed by atoms with Crippen molar-refractivity contribution in [1.29, 1.82) is 0 Å². The van der Waals surface area contributed by atoms with Gasteiger partial charge >= 0.3 is 0 Å². The zero-order valence-electron chi connectivity index (χ0n) is 9.19. The number of hydrogen-bond acceptors (Lipinski definition) is 0. The van der Waals surface area contributed by atoms with Gasteiger partial charge < -0.3 is 0 Å². The Bertz CT molecular complexity index is 134. The van der Waals surface area contributed by atoms with Gasteiger partial charge in [-0.1, -0.05) is 51.8 Å². The topological polar surface area (TPSA) is 0 Å². The summed E-state index contributed by atoms with van der Waals surface area (Å²) in [4.78, 5) is 0. The summed E-state index contributed by atoms with van der Waals surface area (Å²) in [5.74, 6) is 1.94. The molecule has 1 fully saturated rings. The molecule has 1 saturated carbocycles. The van der Waals surface area contributed by atoms with Gasteiger partial charge in [-0.3, -0.25) is 0 Å². The first-order chi connectivity index (χ1) is 5.50. The standard InChI is InChI=1S/C11H23B/c1-9-6-4-5-7-10(8-9)11(2,3)12/h9-10H,4-8,12H2,1-3H3. The van der Waals surface area contributed by atoms with Crippen LogP contribution in [-0.4, -0.2) is 7.85 Å². The molecule has 0 aromatic rings. The van der Waals surface area contributed by atoms with Crippen LogP contribution in [0, 0.1) is 11.8 Å². The second-order valence-electron chi connectivity index (χ2n) is 5.69. The van der Waals surface area contributed by atoms with Crippen molar-refractivity contribution in [2.75, 3.05) is 0 Å². The molecule has 1 aliphatic carbocycles. The summed E-state index contributed by atoms with van der Waals surface area (Å²) in [5, 5.41) is 0.540. The van der Waals surface area contributed by atoms with Crippen molar-refractivity contribution in [3.8, 4) is 0 Å². The van der Waals surface area contributed by atoms with Crippen molar-refractivity contribution in [3.63, 3.8) is 0 Å². The highest BCUT2D eigenvalue weighted by molar-refractivity contribution is 6.14. The Balaban J connectivity index is 2.52. The monoisotopic (exact) mass is 166 g/mol. The lowest BCUT2D eigenvalue weighted by molar-refractivity contribution is 0.323. The van der Waals surface area contributed by atoms with Crippen LogP contribution in [0.2, 0.25) is 5.31 Å². The molecule has 0 heterocycles. The van der Waals surface area contributed by atoms with E-state index in [1.807, 2.05) is 0 Å². The van der Waals surface area contributed by atoms with E-state index in [1.54, 1.807) is 0 Å². The fourth-order valence-electron chi connectivity index (χ4n) is 2.39. The van der Waals surface area contributed by atoms with Crippen molar-refractivity contribution < 1.29 is 0 Å². The van der Waals surface area contributed by atoms with Crippen molar-refractivity contribution >= 4 is 7.85 Å². The van der Waals surface area contributed by atoms with Crippen molar-refractivity contribution in [2.45, 2.75) is 58.2 Å². The molecule has 1 rings (SSSR count). The highest BCUT2D eigenvalue weighted by Crippen LogP contribution is 2.41. The fraction of sp³-hybridized carbons (Fsp3) is 1.00. The van der Waals surface area contributed by atoms with E-state index in [1.165, 1.54) is 32.1 Å². The van der Waals surface area contributed by atoms with Gasteiger partial charge in [0.2, 0.25) is 0 Å². The van der Waals surface area contributed by atoms with Crippen LogP contribution in [0.1, 0.15) is 52.9 Å². The average molecular weight is 166 g/mol. The summed E-state index contributed by atoms with van der Waals surface area (Å²) < 4.78 is 0. The van der Waals surface area contributed by atoms with Gasteiger partial charge in [0.25, 0.3) is 0 Å². The Morgan fingerprint density at radius 2 is 1.75 bits per heavy atom. The first kappa shape index (κ1) is 10.1. The van der Waals surface area contributed by atoms with Crippen molar-refractivity contribution in [1.82, 2.24) is 0 Å². The Kier molecular flexibility index (Phi) is 3.26. The third-order valence-electron chi connectivity index (χ3n) is 3.41. The van der Waals surface area contributed by atoms with E-state index < -0.39 is 0 Å². The Morgan fingerprint density at radius 3 is 2.33 bits per heavy atom. The second kappa shape index (κ2) is 3.85. The minimum absolute atomic E-state index is 0.540. The van der Waals surface area contributed by atoms with E-state index in [9.17, 15) is 0 Å². The third kappa shape index (κ3) is 2.84. The summed E-state index contributed by atoms with van der Waals surface area (Å²) in [6.07, 6.45) is 7.32. The van der Waals surface area contributed by atoms with E-state index in [0.717, 1.165) is 11.8 Å². The summed E-state index contributed by atoms with van der Waals surface area (Å²) in [6.45, 7) is 7.22. The largest absolute Gasteiger partial charge is 0.109 e. The molecule has 0 saturated heterocycles. The van der Waals surface area contributed by atoms with Crippen LogP contribution in [0.4, 0.5) is 0 Å². The van der Waals surface area contributed by atoms with Gasteiger partial charge in [-0.05, 0) is 18.3 Å². The van der Waals surface area contributed by atoms with Crippen LogP contribution in [0.15, 0.2) is 0 Å². The smallest absolute Gasteiger partial charge is 0.0669 e. The van der Waals surface area contributed by atoms with Crippen molar-refractivity contribution in [2.24, 2.45) is 11.8 Å². The Morgan fingerprint density at radius 1 is 1.17 bits per heavy atom. The van der Waals surface area contributed by atoms with Gasteiger partial charge in [0, 0.05) is 0 Å². The van der Waals surface area contributed by atoms with E-state index in [2.05, 4.69) is 28.6 Å². The molecule has 1 aliphatic rings. The van der Waals surface area contributed by atoms with Gasteiger partial charge in [0.15, 0.2) is 0 Å². The van der Waals surface area contributed by atoms with Crippen LogP contribution in [0.3, 0.4) is 0 Å². The van der Waals surface area contributed by atoms with Gasteiger partial charge in [-0.25, -0.2) is 0 Å². The van der Waals surface area contributed by atoms with Crippen LogP contribution in [0.25, 0.3) is 0 Å². The molecule has 2 atom stereocenters. The molecule has 0 aromatic carbocycles. The van der Waals surface area contributed by atoms with Gasteiger partial charge in [0.1, 0.15) is 7.85 Å². The first-order valence-corrected chi connectivity index (χ1v) is 5.50. The maximum Gasteiger partial charge on any atom is 0.109 e. The lowest BCUT2D eigenvalue weighted by Crippen LogP contribution is -2.18. The summed E-state index contributed by atoms with van der Waals surface area (Å²) in [6, 6.07) is 0. The SMILES string of the molecule is BC(C)(C)C1CCCCC(C)C1. The van der Waals surface area contributed by atoms with Crippen LogP contribution >= 0.6 is 0 Å². The van der Waals surface area contributed by atoms with Crippen molar-refractivity contribution in [3.05, 3.63) is 0 Å². The predicted molar refractivity (Wildman–Crippen MR) is 58.3 cm³/mol. The van der Waals surface area contributed by atoms with E-state index >= 15 is 0 Å². The summed E-state index contributed by atoms with van der Waals surface area (Å²) in [5.41, 5.74) is 0. The minimum Gasteiger partial charge on any atom is -0.0669 e. The molecule has 0 aromatic heterocycles. The number of rotatable bonds is 1. The maximum absolute atomic E-state index is 2.42. The third-order valence-corrected chi connectivity index (χ3v) is 3.41. The molecule has 70 valence electrons. The number of hydrogen-bond donors (Lipinski definition) is 0. The van der Waals surface area contributed by atoms with Gasteiger partial charge in [0.05, 0.1) is 0 Å². The zero-order chi connectivity index (χ0) is 9.19. The van der Waals surface area contributed by atoms with Crippen LogP contribution < -0.4 is 0 Å². The molecule has 0 aliphatic heterocycles. The predicted octanol–water partition coefficient (Wildman–Crippen LogP) is 3.03. The molecule has 2 unspecified atom stereocenters. The highest BCUT2D eigenvalue weighted by Gasteiger charge is 2.27. The molecule has 0 bridgehead atoms. The molecule has 1 heteroatoms. The zero-order valence-corrected chi connectivity index (χ0v) is 9.19. The Labute approximate surface area is 78.5 Å². The lowest BCUT2D eigenvalue weighted by Gasteiger charge is -2.31. The van der Waals surface area contributed by atoms with E-state index in [4.69, 9.17) is 0 Å². The summed E-state index contributed by atoms with van der Waals surface area (Å²) >= 11 is 0. The fourth-order valence-corrected chi connectivity index (χ4v) is 2.39. The molecule has 0 radical (unpaired) electrons. The highest BCUT2D eigenvalue weighted by atomic mass is 14.3. The average Bonchev–Trinajstić information content (AvgIpc) is 2.11. The first-order valence-electron chi connectivity index (χ1n) is 5.50. The molecule has 0 amide bonds. The van der Waals surface area contributed by atoms with E-state index in [-0.39, 0.29) is 0 Å². The molecule has 0 nitrogen and oxygen atoms in total.